The Morgan fingerprint density at radius 2 is 1.61 bits per heavy atom. The second-order valence-electron chi connectivity index (χ2n) is 3.46. The van der Waals surface area contributed by atoms with Gasteiger partial charge in [-0.2, -0.15) is 0 Å². The maximum absolute atomic E-state index is 11.1. The van der Waals surface area contributed by atoms with Crippen molar-refractivity contribution in [2.45, 2.75) is 6.92 Å². The predicted molar refractivity (Wildman–Crippen MR) is 65.2 cm³/mol. The molecule has 0 spiro atoms. The van der Waals surface area contributed by atoms with Gasteiger partial charge in [-0.15, -0.1) is 0 Å². The molecule has 7 heteroatoms. The summed E-state index contributed by atoms with van der Waals surface area (Å²) in [5, 5.41) is 5.52. The summed E-state index contributed by atoms with van der Waals surface area (Å²) in [5.41, 5.74) is 0. The van der Waals surface area contributed by atoms with Crippen LogP contribution >= 0.6 is 0 Å². The summed E-state index contributed by atoms with van der Waals surface area (Å²) >= 11 is 0. The molecule has 0 aromatic rings. The number of hydrogen-bond donors (Lipinski definition) is 2. The third-order valence-corrected chi connectivity index (χ3v) is 1.84. The van der Waals surface area contributed by atoms with Crippen LogP contribution in [0.1, 0.15) is 6.92 Å². The second kappa shape index (κ2) is 12.3. The zero-order valence-electron chi connectivity index (χ0n) is 11.0. The van der Waals surface area contributed by atoms with Crippen molar-refractivity contribution in [3.63, 3.8) is 0 Å². The molecule has 106 valence electrons. The van der Waals surface area contributed by atoms with Crippen LogP contribution in [0.4, 0.5) is 0 Å². The molecular formula is C11H22N2O5. The van der Waals surface area contributed by atoms with E-state index in [1.54, 1.807) is 0 Å². The minimum atomic E-state index is -0.472. The Kier molecular flexibility index (Phi) is 11.5. The Morgan fingerprint density at radius 1 is 1.00 bits per heavy atom. The smallest absolute Gasteiger partial charge is 0.303 e. The average Bonchev–Trinajstić information content (AvgIpc) is 2.34. The van der Waals surface area contributed by atoms with Crippen LogP contribution in [0.15, 0.2) is 0 Å². The first-order chi connectivity index (χ1) is 8.66. The summed E-state index contributed by atoms with van der Waals surface area (Å²) in [6.45, 7) is 4.28. The van der Waals surface area contributed by atoms with E-state index >= 15 is 0 Å². The van der Waals surface area contributed by atoms with Crippen LogP contribution in [-0.2, 0) is 23.8 Å². The van der Waals surface area contributed by atoms with E-state index in [1.165, 1.54) is 6.92 Å². The molecule has 0 aliphatic heterocycles. The number of rotatable bonds is 11. The van der Waals surface area contributed by atoms with Crippen LogP contribution < -0.4 is 10.6 Å². The lowest BCUT2D eigenvalue weighted by Gasteiger charge is -2.07. The van der Waals surface area contributed by atoms with Gasteiger partial charge >= 0.3 is 5.97 Å². The van der Waals surface area contributed by atoms with E-state index < -0.39 is 5.97 Å². The van der Waals surface area contributed by atoms with E-state index in [0.29, 0.717) is 33.0 Å². The first-order valence-corrected chi connectivity index (χ1v) is 5.87. The highest BCUT2D eigenvalue weighted by Crippen LogP contribution is 1.79. The van der Waals surface area contributed by atoms with Crippen LogP contribution in [0.2, 0.25) is 0 Å². The van der Waals surface area contributed by atoms with Crippen LogP contribution in [0.25, 0.3) is 0 Å². The number of carbonyl (C=O) groups is 2. The van der Waals surface area contributed by atoms with E-state index in [1.807, 2.05) is 7.05 Å². The zero-order chi connectivity index (χ0) is 13.6. The highest BCUT2D eigenvalue weighted by atomic mass is 16.5. The predicted octanol–water partition coefficient (Wildman–Crippen LogP) is -1.08. The summed E-state index contributed by atoms with van der Waals surface area (Å²) in [6.07, 6.45) is 0. The minimum absolute atomic E-state index is 0.248. The number of hydrogen-bond acceptors (Lipinski definition) is 6. The summed E-state index contributed by atoms with van der Waals surface area (Å²) in [6, 6.07) is 0. The monoisotopic (exact) mass is 262 g/mol. The molecule has 0 heterocycles. The lowest BCUT2D eigenvalue weighted by Crippen LogP contribution is -2.31. The van der Waals surface area contributed by atoms with Crippen molar-refractivity contribution in [3.05, 3.63) is 0 Å². The van der Waals surface area contributed by atoms with Crippen LogP contribution in [0.3, 0.4) is 0 Å². The van der Waals surface area contributed by atoms with Gasteiger partial charge in [-0.3, -0.25) is 9.59 Å². The molecule has 0 fully saturated rings. The third-order valence-electron chi connectivity index (χ3n) is 1.84. The molecule has 18 heavy (non-hydrogen) atoms. The quantitative estimate of drug-likeness (QED) is 0.364. The molecule has 0 radical (unpaired) electrons. The Labute approximate surface area is 107 Å². The molecule has 0 aromatic carbocycles. The fraction of sp³-hybridized carbons (Fsp3) is 0.818. The minimum Gasteiger partial charge on any atom is -0.456 e. The Hall–Kier alpha value is -1.18. The molecule has 0 aliphatic carbocycles. The van der Waals surface area contributed by atoms with Gasteiger partial charge in [0.2, 0.25) is 0 Å². The van der Waals surface area contributed by atoms with Gasteiger partial charge in [0.05, 0.1) is 26.4 Å². The van der Waals surface area contributed by atoms with Gasteiger partial charge in [-0.25, -0.2) is 0 Å². The summed E-state index contributed by atoms with van der Waals surface area (Å²) < 4.78 is 15.0. The van der Waals surface area contributed by atoms with Gasteiger partial charge in [0.1, 0.15) is 0 Å². The van der Waals surface area contributed by atoms with Crippen LogP contribution in [-0.4, -0.2) is 65.0 Å². The number of amides is 1. The maximum Gasteiger partial charge on any atom is 0.303 e. The van der Waals surface area contributed by atoms with Crippen molar-refractivity contribution >= 4 is 11.9 Å². The van der Waals surface area contributed by atoms with Crippen LogP contribution in [0, 0.1) is 0 Å². The Balaban J connectivity index is 3.15. The van der Waals surface area contributed by atoms with Gasteiger partial charge < -0.3 is 24.8 Å². The fourth-order valence-electron chi connectivity index (χ4n) is 0.977. The number of carbonyl (C=O) groups excluding carboxylic acids is 2. The van der Waals surface area contributed by atoms with Gasteiger partial charge in [0.15, 0.2) is 6.61 Å². The van der Waals surface area contributed by atoms with Crippen molar-refractivity contribution < 1.29 is 23.8 Å². The van der Waals surface area contributed by atoms with Crippen molar-refractivity contribution in [2.24, 2.45) is 0 Å². The van der Waals surface area contributed by atoms with Crippen LogP contribution in [0.5, 0.6) is 0 Å². The molecule has 0 saturated carbocycles. The van der Waals surface area contributed by atoms with Gasteiger partial charge in [-0.1, -0.05) is 0 Å². The molecule has 0 bridgehead atoms. The first-order valence-electron chi connectivity index (χ1n) is 5.87. The number of esters is 1. The van der Waals surface area contributed by atoms with E-state index in [2.05, 4.69) is 15.4 Å². The normalized spacial score (nSPS) is 10.1. The van der Waals surface area contributed by atoms with E-state index in [4.69, 9.17) is 9.47 Å². The number of likely N-dealkylation sites (N-methyl/N-ethyl adjacent to an activating group) is 1. The Bertz CT molecular complexity index is 235. The molecule has 2 N–H and O–H groups in total. The molecule has 7 nitrogen and oxygen atoms in total. The van der Waals surface area contributed by atoms with E-state index in [-0.39, 0.29) is 12.5 Å². The van der Waals surface area contributed by atoms with Crippen molar-refractivity contribution in [2.75, 3.05) is 53.2 Å². The molecule has 0 rings (SSSR count). The SMILES string of the molecule is CNCCOCCOCCNC(=O)COC(C)=O. The molecule has 0 aromatic heterocycles. The largest absolute Gasteiger partial charge is 0.456 e. The first kappa shape index (κ1) is 16.8. The molecule has 1 amide bonds. The highest BCUT2D eigenvalue weighted by Gasteiger charge is 2.02. The standard InChI is InChI=1S/C11H22N2O5/c1-10(14)18-9-11(15)13-4-6-17-8-7-16-5-3-12-2/h12H,3-9H2,1-2H3,(H,13,15). The van der Waals surface area contributed by atoms with Gasteiger partial charge in [0, 0.05) is 20.0 Å². The average molecular weight is 262 g/mol. The molecule has 0 atom stereocenters. The second-order valence-corrected chi connectivity index (χ2v) is 3.46. The van der Waals surface area contributed by atoms with Crippen molar-refractivity contribution in [1.29, 1.82) is 0 Å². The third kappa shape index (κ3) is 12.9. The lowest BCUT2D eigenvalue weighted by atomic mass is 10.6. The highest BCUT2D eigenvalue weighted by molar-refractivity contribution is 5.79. The topological polar surface area (TPSA) is 85.9 Å². The summed E-state index contributed by atoms with van der Waals surface area (Å²) in [5.74, 6) is -0.806. The summed E-state index contributed by atoms with van der Waals surface area (Å²) in [7, 11) is 1.86. The number of nitrogens with one attached hydrogen (secondary N) is 2. The molecular weight excluding hydrogens is 240 g/mol. The van der Waals surface area contributed by atoms with Crippen molar-refractivity contribution in [3.8, 4) is 0 Å². The molecule has 0 unspecified atom stereocenters. The zero-order valence-corrected chi connectivity index (χ0v) is 11.0. The molecule has 0 aliphatic rings. The van der Waals surface area contributed by atoms with Gasteiger partial charge in [0.25, 0.3) is 5.91 Å². The lowest BCUT2D eigenvalue weighted by molar-refractivity contribution is -0.146. The van der Waals surface area contributed by atoms with E-state index in [9.17, 15) is 9.59 Å². The maximum atomic E-state index is 11.1. The van der Waals surface area contributed by atoms with Crippen molar-refractivity contribution in [1.82, 2.24) is 10.6 Å². The number of ether oxygens (including phenoxy) is 3. The summed E-state index contributed by atoms with van der Waals surface area (Å²) in [4.78, 5) is 21.5. The molecule has 0 saturated heterocycles. The van der Waals surface area contributed by atoms with E-state index in [0.717, 1.165) is 6.54 Å². The van der Waals surface area contributed by atoms with Gasteiger partial charge in [-0.05, 0) is 7.05 Å². The Morgan fingerprint density at radius 3 is 2.17 bits per heavy atom. The fourth-order valence-corrected chi connectivity index (χ4v) is 0.977.